The van der Waals surface area contributed by atoms with Crippen molar-refractivity contribution in [3.05, 3.63) is 35.9 Å². The second kappa shape index (κ2) is 9.01. The molecule has 0 aliphatic carbocycles. The van der Waals surface area contributed by atoms with E-state index in [0.29, 0.717) is 6.42 Å². The van der Waals surface area contributed by atoms with Crippen LogP contribution in [0.5, 0.6) is 0 Å². The molecule has 0 heterocycles. The SMILES string of the molecule is CC=NC(=NC)C(F)(F)F.CCC(=O)c1ccccc1. The molecule has 0 aliphatic heterocycles. The molecule has 0 unspecified atom stereocenters. The zero-order valence-electron chi connectivity index (χ0n) is 11.6. The molecule has 3 nitrogen and oxygen atoms in total. The van der Waals surface area contributed by atoms with Crippen molar-refractivity contribution in [1.29, 1.82) is 0 Å². The molecule has 6 heteroatoms. The fourth-order valence-electron chi connectivity index (χ4n) is 1.21. The summed E-state index contributed by atoms with van der Waals surface area (Å²) >= 11 is 0. The van der Waals surface area contributed by atoms with Crippen LogP contribution in [0.25, 0.3) is 0 Å². The number of aliphatic imine (C=N–C) groups is 2. The molecule has 0 atom stereocenters. The van der Waals surface area contributed by atoms with Crippen molar-refractivity contribution in [2.24, 2.45) is 9.98 Å². The Balaban J connectivity index is 0.000000361. The van der Waals surface area contributed by atoms with Gasteiger partial charge in [-0.1, -0.05) is 37.3 Å². The first-order valence-electron chi connectivity index (χ1n) is 5.97. The van der Waals surface area contributed by atoms with Crippen molar-refractivity contribution < 1.29 is 18.0 Å². The molecule has 1 aromatic carbocycles. The fourth-order valence-corrected chi connectivity index (χ4v) is 1.21. The topological polar surface area (TPSA) is 41.8 Å². The van der Waals surface area contributed by atoms with Crippen molar-refractivity contribution in [3.8, 4) is 0 Å². The van der Waals surface area contributed by atoms with Crippen molar-refractivity contribution >= 4 is 17.8 Å². The fraction of sp³-hybridized carbons (Fsp3) is 0.357. The van der Waals surface area contributed by atoms with Gasteiger partial charge in [0.2, 0.25) is 5.84 Å². The summed E-state index contributed by atoms with van der Waals surface area (Å²) in [7, 11) is 1.05. The van der Waals surface area contributed by atoms with Gasteiger partial charge in [0, 0.05) is 25.2 Å². The first-order chi connectivity index (χ1) is 9.36. The highest BCUT2D eigenvalue weighted by atomic mass is 19.4. The van der Waals surface area contributed by atoms with E-state index in [9.17, 15) is 18.0 Å². The van der Waals surface area contributed by atoms with Crippen LogP contribution >= 0.6 is 0 Å². The van der Waals surface area contributed by atoms with Crippen LogP contribution in [0, 0.1) is 0 Å². The van der Waals surface area contributed by atoms with Crippen LogP contribution in [-0.4, -0.2) is 31.1 Å². The summed E-state index contributed by atoms with van der Waals surface area (Å²) in [6, 6.07) is 9.34. The molecule has 0 saturated carbocycles. The van der Waals surface area contributed by atoms with Gasteiger partial charge in [-0.25, -0.2) is 4.99 Å². The molecule has 0 saturated heterocycles. The third kappa shape index (κ3) is 6.82. The zero-order valence-corrected chi connectivity index (χ0v) is 11.6. The van der Waals surface area contributed by atoms with Crippen LogP contribution < -0.4 is 0 Å². The Labute approximate surface area is 116 Å². The van der Waals surface area contributed by atoms with Crippen molar-refractivity contribution in [2.45, 2.75) is 26.4 Å². The molecule has 0 bridgehead atoms. The number of ketones is 1. The molecule has 110 valence electrons. The first-order valence-corrected chi connectivity index (χ1v) is 5.97. The highest BCUT2D eigenvalue weighted by Crippen LogP contribution is 2.17. The number of Topliss-reactive ketones (excluding diaryl/α,β-unsaturated/α-hetero) is 1. The molecular weight excluding hydrogens is 269 g/mol. The highest BCUT2D eigenvalue weighted by Gasteiger charge is 2.34. The third-order valence-electron chi connectivity index (χ3n) is 2.13. The van der Waals surface area contributed by atoms with E-state index < -0.39 is 12.0 Å². The van der Waals surface area contributed by atoms with E-state index in [4.69, 9.17) is 0 Å². The van der Waals surface area contributed by atoms with Gasteiger partial charge in [-0.05, 0) is 6.92 Å². The van der Waals surface area contributed by atoms with Gasteiger partial charge in [-0.2, -0.15) is 13.2 Å². The van der Waals surface area contributed by atoms with E-state index in [0.717, 1.165) is 18.8 Å². The van der Waals surface area contributed by atoms with E-state index in [-0.39, 0.29) is 5.78 Å². The minimum absolute atomic E-state index is 0.209. The number of carbonyl (C=O) groups excluding carboxylic acids is 1. The predicted molar refractivity (Wildman–Crippen MR) is 74.6 cm³/mol. The van der Waals surface area contributed by atoms with Crippen LogP contribution in [0.1, 0.15) is 30.6 Å². The minimum Gasteiger partial charge on any atom is -0.294 e. The summed E-state index contributed by atoms with van der Waals surface area (Å²) in [5, 5.41) is 0. The average molecular weight is 286 g/mol. The molecule has 0 aliphatic rings. The molecule has 0 N–H and O–H groups in total. The number of amidine groups is 1. The van der Waals surface area contributed by atoms with E-state index in [1.54, 1.807) is 0 Å². The second-order valence-electron chi connectivity index (χ2n) is 3.58. The number of hydrogen-bond acceptors (Lipinski definition) is 2. The molecular formula is C14H17F3N2O. The Morgan fingerprint density at radius 3 is 2.10 bits per heavy atom. The van der Waals surface area contributed by atoms with Crippen LogP contribution in [0.3, 0.4) is 0 Å². The number of rotatable bonds is 2. The largest absolute Gasteiger partial charge is 0.451 e. The molecule has 0 amide bonds. The lowest BCUT2D eigenvalue weighted by atomic mass is 10.1. The Kier molecular flexibility index (Phi) is 8.12. The number of alkyl halides is 3. The van der Waals surface area contributed by atoms with Crippen molar-refractivity contribution in [2.75, 3.05) is 7.05 Å². The molecule has 1 rings (SSSR count). The van der Waals surface area contributed by atoms with Gasteiger partial charge in [0.1, 0.15) is 0 Å². The van der Waals surface area contributed by atoms with Crippen molar-refractivity contribution in [1.82, 2.24) is 0 Å². The Bertz CT molecular complexity index is 465. The van der Waals surface area contributed by atoms with Crippen LogP contribution in [0.4, 0.5) is 13.2 Å². The second-order valence-corrected chi connectivity index (χ2v) is 3.58. The molecule has 0 radical (unpaired) electrons. The van der Waals surface area contributed by atoms with Gasteiger partial charge in [-0.15, -0.1) is 0 Å². The van der Waals surface area contributed by atoms with Gasteiger partial charge < -0.3 is 0 Å². The summed E-state index contributed by atoms with van der Waals surface area (Å²) < 4.78 is 35.0. The molecule has 0 aromatic heterocycles. The van der Waals surface area contributed by atoms with Gasteiger partial charge >= 0.3 is 6.18 Å². The molecule has 1 aromatic rings. The minimum atomic E-state index is -4.43. The number of nitrogens with zero attached hydrogens (tertiary/aromatic N) is 2. The summed E-state index contributed by atoms with van der Waals surface area (Å²) in [5.41, 5.74) is 0.810. The maximum atomic E-state index is 11.7. The normalized spacial score (nSPS) is 12.0. The first kappa shape index (κ1) is 18.0. The highest BCUT2D eigenvalue weighted by molar-refractivity contribution is 5.95. The van der Waals surface area contributed by atoms with E-state index in [1.807, 2.05) is 37.3 Å². The average Bonchev–Trinajstić information content (AvgIpc) is 2.44. The summed E-state index contributed by atoms with van der Waals surface area (Å²) in [5.74, 6) is -0.893. The zero-order chi connectivity index (χ0) is 15.6. The van der Waals surface area contributed by atoms with E-state index in [1.165, 1.54) is 6.92 Å². The maximum absolute atomic E-state index is 11.7. The lowest BCUT2D eigenvalue weighted by Crippen LogP contribution is -2.20. The summed E-state index contributed by atoms with van der Waals surface area (Å²) in [4.78, 5) is 17.0. The maximum Gasteiger partial charge on any atom is 0.451 e. The lowest BCUT2D eigenvalue weighted by Gasteiger charge is -2.02. The summed E-state index contributed by atoms with van der Waals surface area (Å²) in [6.07, 6.45) is -2.79. The van der Waals surface area contributed by atoms with Gasteiger partial charge in [-0.3, -0.25) is 9.79 Å². The van der Waals surface area contributed by atoms with E-state index >= 15 is 0 Å². The molecule has 0 fully saturated rings. The van der Waals surface area contributed by atoms with Gasteiger partial charge in [0.15, 0.2) is 5.78 Å². The molecule has 0 spiro atoms. The van der Waals surface area contributed by atoms with Crippen LogP contribution in [0.15, 0.2) is 40.3 Å². The Morgan fingerprint density at radius 2 is 1.80 bits per heavy atom. The third-order valence-corrected chi connectivity index (χ3v) is 2.13. The number of carbonyl (C=O) groups is 1. The quantitative estimate of drug-likeness (QED) is 0.461. The van der Waals surface area contributed by atoms with Gasteiger partial charge in [0.05, 0.1) is 0 Å². The van der Waals surface area contributed by atoms with Crippen LogP contribution in [0.2, 0.25) is 0 Å². The molecule has 20 heavy (non-hydrogen) atoms. The monoisotopic (exact) mass is 286 g/mol. The number of hydrogen-bond donors (Lipinski definition) is 0. The predicted octanol–water partition coefficient (Wildman–Crippen LogP) is 3.95. The smallest absolute Gasteiger partial charge is 0.294 e. The lowest BCUT2D eigenvalue weighted by molar-refractivity contribution is -0.0597. The Hall–Kier alpha value is -1.98. The standard InChI is InChI=1S/C9H10O.C5H7F3N2/c1-2-9(10)8-6-4-3-5-7-8;1-3-10-4(9-2)5(6,7)8/h3-7H,2H2,1H3;3H,1-2H3. The number of halogens is 3. The van der Waals surface area contributed by atoms with E-state index in [2.05, 4.69) is 9.98 Å². The van der Waals surface area contributed by atoms with Crippen LogP contribution in [-0.2, 0) is 0 Å². The Morgan fingerprint density at radius 1 is 1.25 bits per heavy atom. The number of benzene rings is 1. The van der Waals surface area contributed by atoms with Gasteiger partial charge in [0.25, 0.3) is 0 Å². The summed E-state index contributed by atoms with van der Waals surface area (Å²) in [6.45, 7) is 3.27. The van der Waals surface area contributed by atoms with Crippen molar-refractivity contribution in [3.63, 3.8) is 0 Å².